The van der Waals surface area contributed by atoms with E-state index in [-0.39, 0.29) is 0 Å². The van der Waals surface area contributed by atoms with Crippen LogP contribution in [0, 0.1) is 0 Å². The van der Waals surface area contributed by atoms with Gasteiger partial charge in [-0.2, -0.15) is 0 Å². The van der Waals surface area contributed by atoms with E-state index in [1.54, 1.807) is 13.0 Å². The number of carboxylic acid groups (broad SMARTS) is 1. The van der Waals surface area contributed by atoms with Crippen molar-refractivity contribution in [3.8, 4) is 0 Å². The number of allylic oxidation sites excluding steroid dienone is 1. The number of nitrogens with zero attached hydrogens (tertiary/aromatic N) is 1. The molecule has 0 amide bonds. The molecule has 1 aliphatic rings. The van der Waals surface area contributed by atoms with E-state index in [0.29, 0.717) is 11.1 Å². The van der Waals surface area contributed by atoms with Gasteiger partial charge in [-0.15, -0.1) is 0 Å². The third-order valence-electron chi connectivity index (χ3n) is 3.42. The van der Waals surface area contributed by atoms with Crippen LogP contribution < -0.4 is 0 Å². The Bertz CT molecular complexity index is 521. The first-order valence-electron chi connectivity index (χ1n) is 6.78. The Morgan fingerprint density at radius 2 is 1.89 bits per heavy atom. The SMILES string of the molecule is C/C=C(/C(=O)O)c1ccccc1N=C1CCCCC1. The van der Waals surface area contributed by atoms with Gasteiger partial charge >= 0.3 is 5.97 Å². The van der Waals surface area contributed by atoms with Gasteiger partial charge in [0.2, 0.25) is 0 Å². The maximum atomic E-state index is 11.3. The van der Waals surface area contributed by atoms with Gasteiger partial charge < -0.3 is 5.11 Å². The van der Waals surface area contributed by atoms with Gasteiger partial charge in [0.15, 0.2) is 0 Å². The predicted molar refractivity (Wildman–Crippen MR) is 77.9 cm³/mol. The lowest BCUT2D eigenvalue weighted by molar-refractivity contribution is -0.130. The number of rotatable bonds is 3. The molecule has 1 N–H and O–H groups in total. The Morgan fingerprint density at radius 3 is 2.53 bits per heavy atom. The molecule has 0 spiro atoms. The zero-order valence-corrected chi connectivity index (χ0v) is 11.2. The first-order chi connectivity index (χ1) is 9.22. The summed E-state index contributed by atoms with van der Waals surface area (Å²) in [6, 6.07) is 7.47. The fourth-order valence-electron chi connectivity index (χ4n) is 2.44. The molecule has 1 aliphatic carbocycles. The van der Waals surface area contributed by atoms with E-state index in [4.69, 9.17) is 0 Å². The number of benzene rings is 1. The molecular weight excluding hydrogens is 238 g/mol. The third-order valence-corrected chi connectivity index (χ3v) is 3.42. The second kappa shape index (κ2) is 6.32. The molecule has 100 valence electrons. The Hall–Kier alpha value is -1.90. The van der Waals surface area contributed by atoms with Crippen molar-refractivity contribution in [2.24, 2.45) is 4.99 Å². The van der Waals surface area contributed by atoms with E-state index in [2.05, 4.69) is 4.99 Å². The molecule has 0 saturated heterocycles. The van der Waals surface area contributed by atoms with Gasteiger partial charge in [-0.25, -0.2) is 4.79 Å². The maximum Gasteiger partial charge on any atom is 0.336 e. The molecule has 0 bridgehead atoms. The average Bonchev–Trinajstić information content (AvgIpc) is 2.42. The van der Waals surface area contributed by atoms with Crippen molar-refractivity contribution in [2.75, 3.05) is 0 Å². The summed E-state index contributed by atoms with van der Waals surface area (Å²) in [5, 5.41) is 9.24. The monoisotopic (exact) mass is 257 g/mol. The number of carboxylic acids is 1. The van der Waals surface area contributed by atoms with Gasteiger partial charge in [0, 0.05) is 11.3 Å². The molecule has 0 aromatic heterocycles. The largest absolute Gasteiger partial charge is 0.478 e. The number of para-hydroxylation sites is 1. The maximum absolute atomic E-state index is 11.3. The van der Waals surface area contributed by atoms with E-state index in [1.807, 2.05) is 24.3 Å². The van der Waals surface area contributed by atoms with Crippen molar-refractivity contribution in [1.29, 1.82) is 0 Å². The second-order valence-electron chi connectivity index (χ2n) is 4.76. The molecule has 0 heterocycles. The van der Waals surface area contributed by atoms with Crippen LogP contribution in [0.4, 0.5) is 5.69 Å². The summed E-state index contributed by atoms with van der Waals surface area (Å²) in [5.74, 6) is -0.904. The zero-order valence-electron chi connectivity index (χ0n) is 11.2. The van der Waals surface area contributed by atoms with Crippen LogP contribution in [0.15, 0.2) is 35.3 Å². The summed E-state index contributed by atoms with van der Waals surface area (Å²) >= 11 is 0. The van der Waals surface area contributed by atoms with Gasteiger partial charge in [-0.1, -0.05) is 30.7 Å². The fraction of sp³-hybridized carbons (Fsp3) is 0.375. The molecule has 3 nitrogen and oxygen atoms in total. The lowest BCUT2D eigenvalue weighted by Crippen LogP contribution is -2.05. The minimum absolute atomic E-state index is 0.316. The van der Waals surface area contributed by atoms with Crippen LogP contribution in [0.5, 0.6) is 0 Å². The summed E-state index contributed by atoms with van der Waals surface area (Å²) in [6.45, 7) is 1.74. The van der Waals surface area contributed by atoms with Crippen molar-refractivity contribution in [1.82, 2.24) is 0 Å². The summed E-state index contributed by atoms with van der Waals surface area (Å²) < 4.78 is 0. The first-order valence-corrected chi connectivity index (χ1v) is 6.78. The normalized spacial score (nSPS) is 16.3. The van der Waals surface area contributed by atoms with Gasteiger partial charge in [0.1, 0.15) is 0 Å². The van der Waals surface area contributed by atoms with E-state index >= 15 is 0 Å². The summed E-state index contributed by atoms with van der Waals surface area (Å²) in [4.78, 5) is 15.9. The van der Waals surface area contributed by atoms with Gasteiger partial charge in [-0.3, -0.25) is 4.99 Å². The molecular formula is C16H19NO2. The van der Waals surface area contributed by atoms with Crippen molar-refractivity contribution < 1.29 is 9.90 Å². The van der Waals surface area contributed by atoms with Crippen molar-refractivity contribution in [2.45, 2.75) is 39.0 Å². The highest BCUT2D eigenvalue weighted by Crippen LogP contribution is 2.28. The lowest BCUT2D eigenvalue weighted by Gasteiger charge is -2.13. The van der Waals surface area contributed by atoms with Crippen LogP contribution >= 0.6 is 0 Å². The standard InChI is InChI=1S/C16H19NO2/c1-2-13(16(18)19)14-10-6-7-11-15(14)17-12-8-4-3-5-9-12/h2,6-7,10-11H,3-5,8-9H2,1H3,(H,18,19)/b13-2+. The van der Waals surface area contributed by atoms with Gasteiger partial charge in [0.25, 0.3) is 0 Å². The van der Waals surface area contributed by atoms with E-state index in [0.717, 1.165) is 18.5 Å². The molecule has 19 heavy (non-hydrogen) atoms. The fourth-order valence-corrected chi connectivity index (χ4v) is 2.44. The number of hydrogen-bond acceptors (Lipinski definition) is 2. The average molecular weight is 257 g/mol. The highest BCUT2D eigenvalue weighted by molar-refractivity contribution is 6.17. The van der Waals surface area contributed by atoms with E-state index < -0.39 is 5.97 Å². The first kappa shape index (κ1) is 13.5. The van der Waals surface area contributed by atoms with Crippen molar-refractivity contribution in [3.05, 3.63) is 35.9 Å². The van der Waals surface area contributed by atoms with Gasteiger partial charge in [0.05, 0.1) is 11.3 Å². The second-order valence-corrected chi connectivity index (χ2v) is 4.76. The van der Waals surface area contributed by atoms with Crippen LogP contribution in [-0.2, 0) is 4.79 Å². The minimum Gasteiger partial charge on any atom is -0.478 e. The number of aliphatic carboxylic acids is 1. The molecule has 3 heteroatoms. The summed E-state index contributed by atoms with van der Waals surface area (Å²) in [6.07, 6.45) is 7.35. The van der Waals surface area contributed by atoms with Crippen LogP contribution in [-0.4, -0.2) is 16.8 Å². The molecule has 2 rings (SSSR count). The van der Waals surface area contributed by atoms with Crippen molar-refractivity contribution in [3.63, 3.8) is 0 Å². The Labute approximate surface area is 113 Å². The highest BCUT2D eigenvalue weighted by atomic mass is 16.4. The van der Waals surface area contributed by atoms with Gasteiger partial charge in [-0.05, 0) is 38.7 Å². The molecule has 1 saturated carbocycles. The third kappa shape index (κ3) is 3.31. The molecule has 1 aromatic carbocycles. The van der Waals surface area contributed by atoms with Crippen LogP contribution in [0.3, 0.4) is 0 Å². The molecule has 0 unspecified atom stereocenters. The Balaban J connectivity index is 2.38. The Morgan fingerprint density at radius 1 is 1.21 bits per heavy atom. The summed E-state index contributed by atoms with van der Waals surface area (Å²) in [5.41, 5.74) is 2.99. The molecule has 1 fully saturated rings. The van der Waals surface area contributed by atoms with Crippen LogP contribution in [0.25, 0.3) is 5.57 Å². The smallest absolute Gasteiger partial charge is 0.336 e. The number of carbonyl (C=O) groups is 1. The number of hydrogen-bond donors (Lipinski definition) is 1. The molecule has 0 atom stereocenters. The molecule has 0 aliphatic heterocycles. The van der Waals surface area contributed by atoms with Crippen LogP contribution in [0.1, 0.15) is 44.6 Å². The van der Waals surface area contributed by atoms with E-state index in [1.165, 1.54) is 25.0 Å². The number of aliphatic imine (C=N–C) groups is 1. The predicted octanol–water partition coefficient (Wildman–Crippen LogP) is 4.21. The zero-order chi connectivity index (χ0) is 13.7. The molecule has 1 aromatic rings. The summed E-state index contributed by atoms with van der Waals surface area (Å²) in [7, 11) is 0. The van der Waals surface area contributed by atoms with Crippen molar-refractivity contribution >= 4 is 22.9 Å². The quantitative estimate of drug-likeness (QED) is 0.824. The lowest BCUT2D eigenvalue weighted by atomic mass is 9.98. The Kier molecular flexibility index (Phi) is 4.50. The van der Waals surface area contributed by atoms with Crippen LogP contribution in [0.2, 0.25) is 0 Å². The highest BCUT2D eigenvalue weighted by Gasteiger charge is 2.14. The minimum atomic E-state index is -0.904. The van der Waals surface area contributed by atoms with E-state index in [9.17, 15) is 9.90 Å². The molecule has 0 radical (unpaired) electrons. The topological polar surface area (TPSA) is 49.7 Å².